The first-order valence-corrected chi connectivity index (χ1v) is 11.7. The van der Waals surface area contributed by atoms with Crippen LogP contribution >= 0.6 is 11.6 Å². The van der Waals surface area contributed by atoms with Gasteiger partial charge in [0.2, 0.25) is 0 Å². The number of halogens is 1. The second-order valence-corrected chi connectivity index (χ2v) is 8.89. The molecular formula is C27H24ClN3O5. The van der Waals surface area contributed by atoms with Crippen LogP contribution in [0.2, 0.25) is 5.02 Å². The number of phenols is 2. The molecule has 8 nitrogen and oxygen atoms in total. The van der Waals surface area contributed by atoms with E-state index in [1.54, 1.807) is 36.3 Å². The Morgan fingerprint density at radius 3 is 2.47 bits per heavy atom. The van der Waals surface area contributed by atoms with Crippen molar-refractivity contribution in [3.8, 4) is 34.3 Å². The van der Waals surface area contributed by atoms with Gasteiger partial charge >= 0.3 is 0 Å². The summed E-state index contributed by atoms with van der Waals surface area (Å²) >= 11 is 6.21. The van der Waals surface area contributed by atoms with Gasteiger partial charge in [-0.1, -0.05) is 29.8 Å². The summed E-state index contributed by atoms with van der Waals surface area (Å²) < 4.78 is 10.6. The molecule has 2 heterocycles. The van der Waals surface area contributed by atoms with E-state index in [2.05, 4.69) is 10.2 Å². The van der Waals surface area contributed by atoms with E-state index in [-0.39, 0.29) is 17.4 Å². The highest BCUT2D eigenvalue weighted by atomic mass is 35.5. The van der Waals surface area contributed by atoms with Crippen LogP contribution in [0.3, 0.4) is 0 Å². The van der Waals surface area contributed by atoms with Crippen LogP contribution < -0.4 is 9.47 Å². The lowest BCUT2D eigenvalue weighted by molar-refractivity contribution is 0.0745. The van der Waals surface area contributed by atoms with Crippen LogP contribution in [0.1, 0.15) is 33.2 Å². The van der Waals surface area contributed by atoms with Gasteiger partial charge in [-0.05, 0) is 60.0 Å². The molecule has 184 valence electrons. The molecule has 0 bridgehead atoms. The van der Waals surface area contributed by atoms with E-state index in [4.69, 9.17) is 21.1 Å². The predicted octanol–water partition coefficient (Wildman–Crippen LogP) is 4.95. The fourth-order valence-corrected chi connectivity index (χ4v) is 4.76. The van der Waals surface area contributed by atoms with Crippen LogP contribution in [0.15, 0.2) is 60.7 Å². The third-order valence-corrected chi connectivity index (χ3v) is 6.63. The standard InChI is InChI=1S/C27H24ClN3O5/c1-35-18-7-3-15(4-8-18)11-12-31-26(16-5-9-21(33)22(13-16)36-2)23-24(29-30-25(23)27(31)34)19-14-17(28)6-10-20(19)32/h3-10,13-14,26,32-33H,11-12H2,1-2H3,(H,29,30). The SMILES string of the molecule is COc1ccc(CCN2C(=O)c3[nH]nc(-c4cc(Cl)ccc4O)c3C2c2ccc(O)c(OC)c2)cc1. The van der Waals surface area contributed by atoms with Crippen LogP contribution in [0.5, 0.6) is 23.0 Å². The lowest BCUT2D eigenvalue weighted by Gasteiger charge is -2.27. The Bertz CT molecular complexity index is 1430. The summed E-state index contributed by atoms with van der Waals surface area (Å²) in [7, 11) is 3.09. The van der Waals surface area contributed by atoms with Crippen LogP contribution in [0, 0.1) is 0 Å². The second kappa shape index (κ2) is 9.47. The summed E-state index contributed by atoms with van der Waals surface area (Å²) in [6.45, 7) is 0.419. The van der Waals surface area contributed by atoms with Crippen LogP contribution in [-0.4, -0.2) is 52.0 Å². The number of amides is 1. The molecule has 0 saturated heterocycles. The molecule has 5 rings (SSSR count). The van der Waals surface area contributed by atoms with Gasteiger partial charge in [-0.3, -0.25) is 9.89 Å². The maximum absolute atomic E-state index is 13.6. The summed E-state index contributed by atoms with van der Waals surface area (Å²) in [4.78, 5) is 15.3. The third kappa shape index (κ3) is 4.09. The zero-order valence-electron chi connectivity index (χ0n) is 19.7. The van der Waals surface area contributed by atoms with E-state index in [1.165, 1.54) is 19.2 Å². The molecule has 1 amide bonds. The number of hydrogen-bond acceptors (Lipinski definition) is 6. The largest absolute Gasteiger partial charge is 0.507 e. The second-order valence-electron chi connectivity index (χ2n) is 8.45. The minimum Gasteiger partial charge on any atom is -0.507 e. The Morgan fingerprint density at radius 2 is 1.75 bits per heavy atom. The predicted molar refractivity (Wildman–Crippen MR) is 135 cm³/mol. The molecule has 1 aromatic heterocycles. The first-order valence-electron chi connectivity index (χ1n) is 11.3. The molecule has 36 heavy (non-hydrogen) atoms. The molecular weight excluding hydrogens is 482 g/mol. The zero-order valence-corrected chi connectivity index (χ0v) is 20.4. The molecule has 0 radical (unpaired) electrons. The summed E-state index contributed by atoms with van der Waals surface area (Å²) in [5.41, 5.74) is 3.60. The molecule has 0 saturated carbocycles. The number of aromatic nitrogens is 2. The number of methoxy groups -OCH3 is 2. The summed E-state index contributed by atoms with van der Waals surface area (Å²) in [6, 6.07) is 16.9. The third-order valence-electron chi connectivity index (χ3n) is 6.40. The van der Waals surface area contributed by atoms with Crippen molar-refractivity contribution in [3.63, 3.8) is 0 Å². The Balaban J connectivity index is 1.59. The molecule has 9 heteroatoms. The average Bonchev–Trinajstić information content (AvgIpc) is 3.43. The summed E-state index contributed by atoms with van der Waals surface area (Å²) in [6.07, 6.45) is 0.608. The molecule has 0 spiro atoms. The van der Waals surface area contributed by atoms with Gasteiger partial charge in [0.15, 0.2) is 11.5 Å². The van der Waals surface area contributed by atoms with Crippen molar-refractivity contribution in [1.29, 1.82) is 0 Å². The van der Waals surface area contributed by atoms with Crippen LogP contribution in [0.25, 0.3) is 11.3 Å². The number of ether oxygens (including phenoxy) is 2. The molecule has 4 aromatic rings. The molecule has 3 aromatic carbocycles. The minimum absolute atomic E-state index is 0.000122. The quantitative estimate of drug-likeness (QED) is 0.328. The van der Waals surface area contributed by atoms with Crippen LogP contribution in [0.4, 0.5) is 0 Å². The molecule has 0 fully saturated rings. The Labute approximate surface area is 212 Å². The normalized spacial score (nSPS) is 14.7. The van der Waals surface area contributed by atoms with Crippen molar-refractivity contribution in [1.82, 2.24) is 15.1 Å². The van der Waals surface area contributed by atoms with Crippen molar-refractivity contribution < 1.29 is 24.5 Å². The smallest absolute Gasteiger partial charge is 0.273 e. The molecule has 1 aliphatic heterocycles. The first-order chi connectivity index (χ1) is 17.4. The van der Waals surface area contributed by atoms with Crippen molar-refractivity contribution in [2.45, 2.75) is 12.5 Å². The number of carbonyl (C=O) groups is 1. The van der Waals surface area contributed by atoms with Gasteiger partial charge in [-0.15, -0.1) is 0 Å². The highest BCUT2D eigenvalue weighted by Gasteiger charge is 2.42. The topological polar surface area (TPSA) is 108 Å². The zero-order chi connectivity index (χ0) is 25.4. The number of aromatic hydroxyl groups is 2. The number of hydrogen-bond donors (Lipinski definition) is 3. The number of phenolic OH excluding ortho intramolecular Hbond substituents is 2. The van der Waals surface area contributed by atoms with Crippen molar-refractivity contribution in [3.05, 3.63) is 88.1 Å². The van der Waals surface area contributed by atoms with Crippen molar-refractivity contribution in [2.75, 3.05) is 20.8 Å². The number of nitrogens with zero attached hydrogens (tertiary/aromatic N) is 2. The van der Waals surface area contributed by atoms with Crippen LogP contribution in [-0.2, 0) is 6.42 Å². The van der Waals surface area contributed by atoms with E-state index in [9.17, 15) is 15.0 Å². The number of rotatable bonds is 7. The maximum Gasteiger partial charge on any atom is 0.273 e. The Morgan fingerprint density at radius 1 is 1.00 bits per heavy atom. The number of benzene rings is 3. The number of fused-ring (bicyclic) bond motifs is 1. The molecule has 0 aliphatic carbocycles. The number of aromatic amines is 1. The molecule has 1 atom stereocenters. The van der Waals surface area contributed by atoms with E-state index in [1.807, 2.05) is 24.3 Å². The van der Waals surface area contributed by atoms with Gasteiger partial charge in [-0.25, -0.2) is 0 Å². The van der Waals surface area contributed by atoms with Crippen molar-refractivity contribution in [2.24, 2.45) is 0 Å². The monoisotopic (exact) mass is 505 g/mol. The maximum atomic E-state index is 13.6. The highest BCUT2D eigenvalue weighted by Crippen LogP contribution is 2.46. The van der Waals surface area contributed by atoms with E-state index in [0.29, 0.717) is 46.3 Å². The Hall–Kier alpha value is -4.17. The van der Waals surface area contributed by atoms with Gasteiger partial charge in [0.05, 0.1) is 20.3 Å². The Kier molecular flexibility index (Phi) is 6.20. The van der Waals surface area contributed by atoms with Gasteiger partial charge in [-0.2, -0.15) is 5.10 Å². The van der Waals surface area contributed by atoms with E-state index in [0.717, 1.165) is 16.9 Å². The number of H-pyrrole nitrogens is 1. The molecule has 1 aliphatic rings. The van der Waals surface area contributed by atoms with E-state index >= 15 is 0 Å². The minimum atomic E-state index is -0.535. The van der Waals surface area contributed by atoms with Gasteiger partial charge in [0.25, 0.3) is 5.91 Å². The summed E-state index contributed by atoms with van der Waals surface area (Å²) in [5.74, 6) is 0.836. The lowest BCUT2D eigenvalue weighted by Crippen LogP contribution is -2.31. The van der Waals surface area contributed by atoms with E-state index < -0.39 is 6.04 Å². The highest BCUT2D eigenvalue weighted by molar-refractivity contribution is 6.31. The van der Waals surface area contributed by atoms with Crippen molar-refractivity contribution >= 4 is 17.5 Å². The molecule has 3 N–H and O–H groups in total. The van der Waals surface area contributed by atoms with Gasteiger partial charge in [0, 0.05) is 22.7 Å². The number of nitrogens with one attached hydrogen (secondary N) is 1. The fraction of sp³-hybridized carbons (Fsp3) is 0.185. The first kappa shape index (κ1) is 23.6. The average molecular weight is 506 g/mol. The number of carbonyl (C=O) groups excluding carboxylic acids is 1. The van der Waals surface area contributed by atoms with Gasteiger partial charge < -0.3 is 24.6 Å². The van der Waals surface area contributed by atoms with Gasteiger partial charge in [0.1, 0.15) is 22.9 Å². The summed E-state index contributed by atoms with van der Waals surface area (Å²) in [5, 5.41) is 28.4. The lowest BCUT2D eigenvalue weighted by atomic mass is 9.95. The molecule has 1 unspecified atom stereocenters. The fourth-order valence-electron chi connectivity index (χ4n) is 4.58.